The van der Waals surface area contributed by atoms with Gasteiger partial charge in [0.1, 0.15) is 12.6 Å². The third-order valence-electron chi connectivity index (χ3n) is 5.37. The number of aryl methyl sites for hydroxylation is 1. The highest BCUT2D eigenvalue weighted by Crippen LogP contribution is 2.44. The summed E-state index contributed by atoms with van der Waals surface area (Å²) in [6, 6.07) is 16.7. The van der Waals surface area contributed by atoms with E-state index in [-0.39, 0.29) is 18.9 Å². The highest BCUT2D eigenvalue weighted by molar-refractivity contribution is 5.81. The van der Waals surface area contributed by atoms with Gasteiger partial charge in [0.15, 0.2) is 0 Å². The fourth-order valence-electron chi connectivity index (χ4n) is 3.88. The van der Waals surface area contributed by atoms with E-state index in [1.165, 1.54) is 0 Å². The minimum absolute atomic E-state index is 0.0771. The fraction of sp³-hybridized carbons (Fsp3) is 0.261. The second kappa shape index (κ2) is 8.41. The van der Waals surface area contributed by atoms with Crippen LogP contribution >= 0.6 is 0 Å². The van der Waals surface area contributed by atoms with E-state index >= 15 is 0 Å². The van der Waals surface area contributed by atoms with Crippen LogP contribution in [0.3, 0.4) is 0 Å². The Labute approximate surface area is 174 Å². The number of carbonyl (C=O) groups is 2. The SMILES string of the molecule is CCn1ccc(CC(NC(=O)OCC2c3ccccc3-c3ccccc32)C(=O)O)n1. The molecule has 0 saturated carbocycles. The normalized spacial score (nSPS) is 13.4. The number of fused-ring (bicyclic) bond motifs is 3. The molecule has 1 heterocycles. The third-order valence-corrected chi connectivity index (χ3v) is 5.37. The molecule has 4 rings (SSSR count). The van der Waals surface area contributed by atoms with E-state index in [1.807, 2.05) is 43.3 Å². The van der Waals surface area contributed by atoms with Crippen molar-refractivity contribution in [2.24, 2.45) is 0 Å². The van der Waals surface area contributed by atoms with Gasteiger partial charge in [0, 0.05) is 25.1 Å². The van der Waals surface area contributed by atoms with E-state index in [4.69, 9.17) is 4.74 Å². The molecule has 3 aromatic rings. The largest absolute Gasteiger partial charge is 0.480 e. The lowest BCUT2D eigenvalue weighted by atomic mass is 9.98. The van der Waals surface area contributed by atoms with Gasteiger partial charge in [-0.15, -0.1) is 0 Å². The molecule has 154 valence electrons. The van der Waals surface area contributed by atoms with Crippen molar-refractivity contribution in [1.82, 2.24) is 15.1 Å². The molecule has 1 atom stereocenters. The van der Waals surface area contributed by atoms with Gasteiger partial charge < -0.3 is 15.2 Å². The summed E-state index contributed by atoms with van der Waals surface area (Å²) >= 11 is 0. The van der Waals surface area contributed by atoms with Crippen LogP contribution in [0.1, 0.15) is 29.7 Å². The van der Waals surface area contributed by atoms with Crippen LogP contribution in [0, 0.1) is 0 Å². The summed E-state index contributed by atoms with van der Waals surface area (Å²) in [5, 5.41) is 16.2. The zero-order chi connectivity index (χ0) is 21.1. The van der Waals surface area contributed by atoms with Gasteiger partial charge in [-0.2, -0.15) is 5.10 Å². The van der Waals surface area contributed by atoms with Crippen LogP contribution in [0.2, 0.25) is 0 Å². The minimum atomic E-state index is -1.13. The number of ether oxygens (including phenoxy) is 1. The number of carboxylic acids is 1. The first-order valence-corrected chi connectivity index (χ1v) is 9.93. The molecule has 0 aliphatic heterocycles. The second-order valence-corrected chi connectivity index (χ2v) is 7.23. The Balaban J connectivity index is 1.42. The number of rotatable bonds is 7. The number of nitrogens with zero attached hydrogens (tertiary/aromatic N) is 2. The number of benzene rings is 2. The van der Waals surface area contributed by atoms with E-state index in [9.17, 15) is 14.7 Å². The summed E-state index contributed by atoms with van der Waals surface area (Å²) in [4.78, 5) is 24.0. The molecule has 2 aromatic carbocycles. The molecule has 0 radical (unpaired) electrons. The topological polar surface area (TPSA) is 93.5 Å². The summed E-state index contributed by atoms with van der Waals surface area (Å²) in [5.74, 6) is -1.21. The smallest absolute Gasteiger partial charge is 0.407 e. The number of carbonyl (C=O) groups excluding carboxylic acids is 1. The quantitative estimate of drug-likeness (QED) is 0.628. The molecule has 7 heteroatoms. The lowest BCUT2D eigenvalue weighted by molar-refractivity contribution is -0.139. The number of alkyl carbamates (subject to hydrolysis) is 1. The van der Waals surface area contributed by atoms with Crippen LogP contribution in [0.4, 0.5) is 4.79 Å². The monoisotopic (exact) mass is 405 g/mol. The second-order valence-electron chi connectivity index (χ2n) is 7.23. The van der Waals surface area contributed by atoms with Gasteiger partial charge in [-0.25, -0.2) is 9.59 Å². The minimum Gasteiger partial charge on any atom is -0.480 e. The number of nitrogens with one attached hydrogen (secondary N) is 1. The van der Waals surface area contributed by atoms with Crippen LogP contribution in [0.5, 0.6) is 0 Å². The first-order valence-electron chi connectivity index (χ1n) is 9.93. The molecule has 1 aliphatic carbocycles. The summed E-state index contributed by atoms with van der Waals surface area (Å²) in [5.41, 5.74) is 5.08. The molecule has 0 fully saturated rings. The van der Waals surface area contributed by atoms with E-state index in [0.717, 1.165) is 22.3 Å². The molecule has 1 amide bonds. The maximum atomic E-state index is 12.4. The van der Waals surface area contributed by atoms with Gasteiger partial charge in [0.05, 0.1) is 5.69 Å². The molecule has 1 unspecified atom stereocenters. The van der Waals surface area contributed by atoms with Gasteiger partial charge in [-0.1, -0.05) is 48.5 Å². The summed E-state index contributed by atoms with van der Waals surface area (Å²) in [6.07, 6.45) is 1.12. The molecule has 1 aromatic heterocycles. The van der Waals surface area contributed by atoms with Crippen molar-refractivity contribution in [1.29, 1.82) is 0 Å². The van der Waals surface area contributed by atoms with Gasteiger partial charge in [0.25, 0.3) is 0 Å². The molecular formula is C23H23N3O4. The molecular weight excluding hydrogens is 382 g/mol. The third kappa shape index (κ3) is 3.91. The first-order chi connectivity index (χ1) is 14.6. The van der Waals surface area contributed by atoms with Crippen LogP contribution in [-0.4, -0.2) is 39.6 Å². The van der Waals surface area contributed by atoms with Gasteiger partial charge in [-0.3, -0.25) is 4.68 Å². The predicted molar refractivity (Wildman–Crippen MR) is 111 cm³/mol. The summed E-state index contributed by atoms with van der Waals surface area (Å²) in [7, 11) is 0. The van der Waals surface area contributed by atoms with E-state index in [2.05, 4.69) is 22.5 Å². The number of hydrogen-bond acceptors (Lipinski definition) is 4. The Morgan fingerprint density at radius 2 is 1.73 bits per heavy atom. The number of carboxylic acid groups (broad SMARTS) is 1. The molecule has 0 bridgehead atoms. The first kappa shape index (κ1) is 19.7. The van der Waals surface area contributed by atoms with E-state index < -0.39 is 18.1 Å². The predicted octanol–water partition coefficient (Wildman–Crippen LogP) is 3.44. The van der Waals surface area contributed by atoms with E-state index in [0.29, 0.717) is 12.2 Å². The number of hydrogen-bond donors (Lipinski definition) is 2. The van der Waals surface area contributed by atoms with Gasteiger partial charge in [0.2, 0.25) is 0 Å². The molecule has 1 aliphatic rings. The molecule has 0 spiro atoms. The number of amides is 1. The Hall–Kier alpha value is -3.61. The van der Waals surface area contributed by atoms with Crippen LogP contribution in [0.25, 0.3) is 11.1 Å². The van der Waals surface area contributed by atoms with Crippen molar-refractivity contribution >= 4 is 12.1 Å². The fourth-order valence-corrected chi connectivity index (χ4v) is 3.88. The van der Waals surface area contributed by atoms with Crippen LogP contribution in [0.15, 0.2) is 60.8 Å². The van der Waals surface area contributed by atoms with Crippen LogP contribution in [-0.2, 0) is 22.5 Å². The Kier molecular flexibility index (Phi) is 5.52. The summed E-state index contributed by atoms with van der Waals surface area (Å²) in [6.45, 7) is 2.77. The zero-order valence-electron chi connectivity index (χ0n) is 16.6. The van der Waals surface area contributed by atoms with Crippen molar-refractivity contribution in [3.63, 3.8) is 0 Å². The average Bonchev–Trinajstić information content (AvgIpc) is 3.34. The Bertz CT molecular complexity index is 1030. The molecule has 0 saturated heterocycles. The molecule has 7 nitrogen and oxygen atoms in total. The number of aliphatic carboxylic acids is 1. The highest BCUT2D eigenvalue weighted by Gasteiger charge is 2.29. The van der Waals surface area contributed by atoms with E-state index in [1.54, 1.807) is 16.9 Å². The lowest BCUT2D eigenvalue weighted by Gasteiger charge is -2.17. The molecule has 30 heavy (non-hydrogen) atoms. The highest BCUT2D eigenvalue weighted by atomic mass is 16.5. The van der Waals surface area contributed by atoms with Crippen molar-refractivity contribution < 1.29 is 19.4 Å². The Morgan fingerprint density at radius 3 is 2.30 bits per heavy atom. The summed E-state index contributed by atoms with van der Waals surface area (Å²) < 4.78 is 7.16. The standard InChI is InChI=1S/C23H23N3O4/c1-2-26-12-11-15(25-26)13-21(22(27)28)24-23(29)30-14-20-18-9-5-3-7-16(18)17-8-4-6-10-19(17)20/h3-12,20-21H,2,13-14H2,1H3,(H,24,29)(H,27,28). The maximum absolute atomic E-state index is 12.4. The van der Waals surface area contributed by atoms with Gasteiger partial charge in [-0.05, 0) is 35.2 Å². The lowest BCUT2D eigenvalue weighted by Crippen LogP contribution is -2.43. The van der Waals surface area contributed by atoms with Crippen molar-refractivity contribution in [2.45, 2.75) is 31.8 Å². The van der Waals surface area contributed by atoms with Gasteiger partial charge >= 0.3 is 12.1 Å². The van der Waals surface area contributed by atoms with Crippen molar-refractivity contribution in [3.05, 3.63) is 77.6 Å². The molecule has 2 N–H and O–H groups in total. The zero-order valence-corrected chi connectivity index (χ0v) is 16.6. The van der Waals surface area contributed by atoms with Crippen LogP contribution < -0.4 is 5.32 Å². The maximum Gasteiger partial charge on any atom is 0.407 e. The average molecular weight is 405 g/mol. The van der Waals surface area contributed by atoms with Crippen molar-refractivity contribution in [3.8, 4) is 11.1 Å². The van der Waals surface area contributed by atoms with Crippen molar-refractivity contribution in [2.75, 3.05) is 6.61 Å². The Morgan fingerprint density at radius 1 is 1.10 bits per heavy atom. The number of aromatic nitrogens is 2.